The first-order chi connectivity index (χ1) is 13.5. The van der Waals surface area contributed by atoms with Crippen LogP contribution in [0.2, 0.25) is 0 Å². The number of nitrogens with one attached hydrogen (secondary N) is 1. The molecule has 7 heteroatoms. The van der Waals surface area contributed by atoms with Crippen molar-refractivity contribution in [2.75, 3.05) is 23.3 Å². The number of anilines is 2. The number of benzene rings is 1. The predicted octanol–water partition coefficient (Wildman–Crippen LogP) is 5.05. The van der Waals surface area contributed by atoms with Gasteiger partial charge in [-0.15, -0.1) is 22.7 Å². The standard InChI is InChI=1S/C21H23N3O2S2/c1-13-11-24(12-14(2)26-13)17-8-6-16(7-9-17)23-20(25)19-15(3)22-21(28-19)18-5-4-10-27-18/h4-10,13-14H,11-12H2,1-3H3,(H,23,25). The molecule has 2 aromatic heterocycles. The molecule has 1 amide bonds. The number of carbonyl (C=O) groups excluding carboxylic acids is 1. The molecule has 1 N–H and O–H groups in total. The van der Waals surface area contributed by atoms with E-state index >= 15 is 0 Å². The normalized spacial score (nSPS) is 19.6. The number of nitrogens with zero attached hydrogens (tertiary/aromatic N) is 2. The quantitative estimate of drug-likeness (QED) is 0.651. The maximum absolute atomic E-state index is 12.7. The Morgan fingerprint density at radius 2 is 1.89 bits per heavy atom. The van der Waals surface area contributed by atoms with E-state index in [0.717, 1.165) is 40.0 Å². The van der Waals surface area contributed by atoms with Crippen LogP contribution in [0.15, 0.2) is 41.8 Å². The second-order valence-corrected chi connectivity index (χ2v) is 9.02. The van der Waals surface area contributed by atoms with E-state index in [1.807, 2.05) is 36.6 Å². The van der Waals surface area contributed by atoms with Gasteiger partial charge in [0.05, 0.1) is 22.8 Å². The number of hydrogen-bond donors (Lipinski definition) is 1. The van der Waals surface area contributed by atoms with Crippen LogP contribution < -0.4 is 10.2 Å². The number of aromatic nitrogens is 1. The van der Waals surface area contributed by atoms with Gasteiger partial charge in [0.25, 0.3) is 5.91 Å². The van der Waals surface area contributed by atoms with Crippen molar-refractivity contribution >= 4 is 40.0 Å². The van der Waals surface area contributed by atoms with Gasteiger partial charge in [-0.25, -0.2) is 4.98 Å². The Morgan fingerprint density at radius 3 is 2.54 bits per heavy atom. The van der Waals surface area contributed by atoms with Gasteiger partial charge < -0.3 is 15.0 Å². The van der Waals surface area contributed by atoms with E-state index in [-0.39, 0.29) is 18.1 Å². The third-order valence-corrected chi connectivity index (χ3v) is 6.84. The van der Waals surface area contributed by atoms with Crippen molar-refractivity contribution in [1.29, 1.82) is 0 Å². The van der Waals surface area contributed by atoms with Gasteiger partial charge in [-0.2, -0.15) is 0 Å². The fraction of sp³-hybridized carbons (Fsp3) is 0.333. The second-order valence-electron chi connectivity index (χ2n) is 7.07. The van der Waals surface area contributed by atoms with Crippen LogP contribution in [0.3, 0.4) is 0 Å². The van der Waals surface area contributed by atoms with Crippen LogP contribution in [0.25, 0.3) is 9.88 Å². The summed E-state index contributed by atoms with van der Waals surface area (Å²) in [5.74, 6) is -0.112. The Morgan fingerprint density at radius 1 is 1.18 bits per heavy atom. The number of rotatable bonds is 4. The Labute approximate surface area is 173 Å². The van der Waals surface area contributed by atoms with Crippen LogP contribution >= 0.6 is 22.7 Å². The molecule has 146 valence electrons. The molecule has 0 bridgehead atoms. The molecule has 2 atom stereocenters. The molecule has 4 rings (SSSR count). The Kier molecular flexibility index (Phi) is 5.48. The second kappa shape index (κ2) is 8.03. The van der Waals surface area contributed by atoms with Crippen LogP contribution in [0.4, 0.5) is 11.4 Å². The number of hydrogen-bond acceptors (Lipinski definition) is 6. The summed E-state index contributed by atoms with van der Waals surface area (Å²) in [4.78, 5) is 21.3. The number of amides is 1. The number of carbonyl (C=O) groups is 1. The van der Waals surface area contributed by atoms with Crippen LogP contribution in [0.1, 0.15) is 29.2 Å². The Bertz CT molecular complexity index is 941. The van der Waals surface area contributed by atoms with E-state index < -0.39 is 0 Å². The van der Waals surface area contributed by atoms with Crippen LogP contribution in [-0.2, 0) is 4.74 Å². The molecule has 3 heterocycles. The molecule has 0 saturated carbocycles. The minimum atomic E-state index is -0.112. The van der Waals surface area contributed by atoms with E-state index in [4.69, 9.17) is 4.74 Å². The summed E-state index contributed by atoms with van der Waals surface area (Å²) in [6, 6.07) is 12.0. The average molecular weight is 414 g/mol. The molecule has 28 heavy (non-hydrogen) atoms. The monoisotopic (exact) mass is 413 g/mol. The van der Waals surface area contributed by atoms with Gasteiger partial charge in [0.15, 0.2) is 0 Å². The van der Waals surface area contributed by atoms with Crippen molar-refractivity contribution < 1.29 is 9.53 Å². The maximum atomic E-state index is 12.7. The van der Waals surface area contributed by atoms with E-state index in [9.17, 15) is 4.79 Å². The lowest BCUT2D eigenvalue weighted by atomic mass is 10.2. The lowest BCUT2D eigenvalue weighted by Gasteiger charge is -2.36. The third kappa shape index (κ3) is 4.11. The molecule has 5 nitrogen and oxygen atoms in total. The zero-order chi connectivity index (χ0) is 19.7. The van der Waals surface area contributed by atoms with Crippen molar-refractivity contribution in [2.45, 2.75) is 33.0 Å². The molecular weight excluding hydrogens is 390 g/mol. The topological polar surface area (TPSA) is 54.5 Å². The van der Waals surface area contributed by atoms with Crippen molar-refractivity contribution in [1.82, 2.24) is 4.98 Å². The lowest BCUT2D eigenvalue weighted by Crippen LogP contribution is -2.45. The molecule has 1 aliphatic rings. The molecule has 0 aliphatic carbocycles. The summed E-state index contributed by atoms with van der Waals surface area (Å²) in [6.07, 6.45) is 0.435. The predicted molar refractivity (Wildman–Crippen MR) is 117 cm³/mol. The minimum absolute atomic E-state index is 0.112. The van der Waals surface area contributed by atoms with Crippen LogP contribution in [0.5, 0.6) is 0 Å². The minimum Gasteiger partial charge on any atom is -0.372 e. The molecular formula is C21H23N3O2S2. The van der Waals surface area contributed by atoms with Crippen LogP contribution in [0, 0.1) is 6.92 Å². The fourth-order valence-electron chi connectivity index (χ4n) is 3.44. The highest BCUT2D eigenvalue weighted by Gasteiger charge is 2.22. The number of ether oxygens (including phenoxy) is 1. The highest BCUT2D eigenvalue weighted by atomic mass is 32.1. The van der Waals surface area contributed by atoms with Gasteiger partial charge in [0, 0.05) is 24.5 Å². The van der Waals surface area contributed by atoms with Gasteiger partial charge in [-0.1, -0.05) is 6.07 Å². The van der Waals surface area contributed by atoms with E-state index in [0.29, 0.717) is 4.88 Å². The molecule has 1 aromatic carbocycles. The largest absolute Gasteiger partial charge is 0.372 e. The summed E-state index contributed by atoms with van der Waals surface area (Å²) < 4.78 is 5.80. The zero-order valence-corrected chi connectivity index (χ0v) is 17.8. The summed E-state index contributed by atoms with van der Waals surface area (Å²) in [7, 11) is 0. The van der Waals surface area contributed by atoms with Gasteiger partial charge >= 0.3 is 0 Å². The Hall–Kier alpha value is -2.22. The summed E-state index contributed by atoms with van der Waals surface area (Å²) in [6.45, 7) is 7.83. The first-order valence-electron chi connectivity index (χ1n) is 9.32. The van der Waals surface area contributed by atoms with Crippen LogP contribution in [-0.4, -0.2) is 36.2 Å². The highest BCUT2D eigenvalue weighted by Crippen LogP contribution is 2.31. The summed E-state index contributed by atoms with van der Waals surface area (Å²) in [5.41, 5.74) is 2.70. The number of thiazole rings is 1. The summed E-state index contributed by atoms with van der Waals surface area (Å²) >= 11 is 3.07. The zero-order valence-electron chi connectivity index (χ0n) is 16.1. The highest BCUT2D eigenvalue weighted by molar-refractivity contribution is 7.22. The third-order valence-electron chi connectivity index (χ3n) is 4.64. The maximum Gasteiger partial charge on any atom is 0.267 e. The summed E-state index contributed by atoms with van der Waals surface area (Å²) in [5, 5.41) is 5.91. The number of morpholine rings is 1. The fourth-order valence-corrected chi connectivity index (χ4v) is 5.20. The van der Waals surface area contributed by atoms with E-state index in [1.165, 1.54) is 11.3 Å². The van der Waals surface area contributed by atoms with Crippen molar-refractivity contribution in [2.24, 2.45) is 0 Å². The molecule has 2 unspecified atom stereocenters. The number of aryl methyl sites for hydroxylation is 1. The SMILES string of the molecule is Cc1nc(-c2cccs2)sc1C(=O)Nc1ccc(N2CC(C)OC(C)C2)cc1. The van der Waals surface area contributed by atoms with Gasteiger partial charge in [-0.3, -0.25) is 4.79 Å². The lowest BCUT2D eigenvalue weighted by molar-refractivity contribution is -0.00521. The Balaban J connectivity index is 1.45. The molecule has 3 aromatic rings. The average Bonchev–Trinajstić information content (AvgIpc) is 3.31. The van der Waals surface area contributed by atoms with Gasteiger partial charge in [0.2, 0.25) is 0 Å². The molecule has 1 aliphatic heterocycles. The number of thiophene rings is 1. The molecule has 1 saturated heterocycles. The van der Waals surface area contributed by atoms with Crippen molar-refractivity contribution in [3.8, 4) is 9.88 Å². The van der Waals surface area contributed by atoms with Crippen molar-refractivity contribution in [3.05, 3.63) is 52.3 Å². The molecule has 1 fully saturated rings. The van der Waals surface area contributed by atoms with Gasteiger partial charge in [-0.05, 0) is 56.5 Å². The first-order valence-corrected chi connectivity index (χ1v) is 11.0. The molecule has 0 spiro atoms. The van der Waals surface area contributed by atoms with Gasteiger partial charge in [0.1, 0.15) is 9.88 Å². The van der Waals surface area contributed by atoms with E-state index in [1.54, 1.807) is 11.3 Å². The molecule has 0 radical (unpaired) electrons. The van der Waals surface area contributed by atoms with E-state index in [2.05, 4.69) is 41.2 Å². The van der Waals surface area contributed by atoms with Crippen molar-refractivity contribution in [3.63, 3.8) is 0 Å². The first kappa shape index (κ1) is 19.1. The smallest absolute Gasteiger partial charge is 0.267 e.